The van der Waals surface area contributed by atoms with E-state index >= 15 is 0 Å². The van der Waals surface area contributed by atoms with Crippen molar-refractivity contribution < 1.29 is 57.6 Å². The lowest BCUT2D eigenvalue weighted by atomic mass is 9.93. The molecule has 2 aromatic carbocycles. The fourth-order valence-electron chi connectivity index (χ4n) is 6.05. The van der Waals surface area contributed by atoms with Crippen LogP contribution in [0.4, 0.5) is 9.59 Å². The van der Waals surface area contributed by atoms with Gasteiger partial charge in [0.15, 0.2) is 0 Å². The summed E-state index contributed by atoms with van der Waals surface area (Å²) in [6.07, 6.45) is -0.790. The van der Waals surface area contributed by atoms with Gasteiger partial charge in [-0.3, -0.25) is 19.7 Å². The van der Waals surface area contributed by atoms with Crippen molar-refractivity contribution in [1.82, 2.24) is 31.5 Å². The number of fused-ring (bicyclic) bond motifs is 5. The van der Waals surface area contributed by atoms with Gasteiger partial charge < -0.3 is 60.7 Å². The van der Waals surface area contributed by atoms with E-state index in [2.05, 4.69) is 26.6 Å². The lowest BCUT2D eigenvalue weighted by Gasteiger charge is -2.32. The number of carboxylic acids is 1. The third-order valence-corrected chi connectivity index (χ3v) is 9.31. The van der Waals surface area contributed by atoms with Crippen LogP contribution < -0.4 is 41.8 Å². The summed E-state index contributed by atoms with van der Waals surface area (Å²) in [6.45, 7) is 15.6. The molecule has 1 unspecified atom stereocenters. The average Bonchev–Trinajstić information content (AvgIpc) is 3.18. The van der Waals surface area contributed by atoms with Gasteiger partial charge in [0.05, 0.1) is 25.9 Å². The molecule has 344 valence electrons. The molecule has 0 saturated heterocycles. The second-order valence-corrected chi connectivity index (χ2v) is 16.8. The van der Waals surface area contributed by atoms with Crippen LogP contribution in [0.5, 0.6) is 11.5 Å². The molecule has 5 amide bonds. The van der Waals surface area contributed by atoms with E-state index in [1.807, 2.05) is 13.8 Å². The van der Waals surface area contributed by atoms with Crippen LogP contribution in [-0.4, -0.2) is 128 Å². The fraction of sp³-hybridized carbons (Fsp3) is 0.581. The van der Waals surface area contributed by atoms with Crippen molar-refractivity contribution in [2.45, 2.75) is 117 Å². The minimum atomic E-state index is -1.41. The van der Waals surface area contributed by atoms with E-state index < -0.39 is 71.2 Å². The molecule has 0 saturated carbocycles. The Morgan fingerprint density at radius 1 is 0.871 bits per heavy atom. The van der Waals surface area contributed by atoms with Crippen LogP contribution in [0.15, 0.2) is 36.4 Å². The van der Waals surface area contributed by atoms with Crippen LogP contribution in [0.3, 0.4) is 0 Å². The van der Waals surface area contributed by atoms with Crippen molar-refractivity contribution in [2.24, 2.45) is 5.73 Å². The van der Waals surface area contributed by atoms with Gasteiger partial charge in [-0.1, -0.05) is 19.1 Å². The van der Waals surface area contributed by atoms with Gasteiger partial charge in [0.1, 0.15) is 60.1 Å². The molecule has 2 aromatic rings. The number of nitrogens with one attached hydrogen (secondary N) is 5. The molecule has 0 aromatic heterocycles. The molecular weight excluding hydrogens is 807 g/mol. The van der Waals surface area contributed by atoms with Crippen LogP contribution in [0, 0.1) is 0 Å². The zero-order chi connectivity index (χ0) is 46.4. The van der Waals surface area contributed by atoms with Crippen molar-refractivity contribution in [2.75, 3.05) is 46.6 Å². The molecule has 62 heavy (non-hydrogen) atoms. The summed E-state index contributed by atoms with van der Waals surface area (Å²) in [5, 5.41) is 23.6. The minimum Gasteiger partial charge on any atom is -0.491 e. The number of amides is 5. The molecule has 1 aliphatic rings. The van der Waals surface area contributed by atoms with E-state index in [1.54, 1.807) is 77.9 Å². The molecule has 8 N–H and O–H groups in total. The van der Waals surface area contributed by atoms with E-state index in [1.165, 1.54) is 18.9 Å². The third kappa shape index (κ3) is 16.0. The molecule has 1 heterocycles. The standard InChI is InChI=1S/C43H65N7O12/c1-11-25(2)60-24-47-32(23-44)38(53)50(10)35-28-13-15-34(59-19-17-46-41(57)62-43(7,8)9)30(22-28)29-20-27(21-31(39(54)55)49-36(51)26(3)48-37(35)52)12-14-33(29)58-18-16-45-40(56)61-42(4,5)6/h12-15,20,22,25-26,31-32,35,47H,11,16-19,21,23-24,44H2,1-10H3,(H,45,56)(H,46,57)(H,48,52)(H,49,51)(H,54,55)/t25?,26-,31-,32-,35-/m0/s1. The highest BCUT2D eigenvalue weighted by Gasteiger charge is 2.35. The van der Waals surface area contributed by atoms with Gasteiger partial charge in [-0.25, -0.2) is 14.4 Å². The monoisotopic (exact) mass is 871 g/mol. The lowest BCUT2D eigenvalue weighted by Crippen LogP contribution is -2.55. The number of ether oxygens (including phenoxy) is 5. The molecule has 0 spiro atoms. The first kappa shape index (κ1) is 50.7. The minimum absolute atomic E-state index is 0.0145. The van der Waals surface area contributed by atoms with E-state index in [0.717, 1.165) is 6.42 Å². The summed E-state index contributed by atoms with van der Waals surface area (Å²) in [5.74, 6) is -2.83. The van der Waals surface area contributed by atoms with Gasteiger partial charge in [0.2, 0.25) is 17.7 Å². The van der Waals surface area contributed by atoms with Crippen molar-refractivity contribution >= 4 is 35.9 Å². The maximum absolute atomic E-state index is 14.3. The largest absolute Gasteiger partial charge is 0.491 e. The highest BCUT2D eigenvalue weighted by molar-refractivity contribution is 5.95. The van der Waals surface area contributed by atoms with Crippen molar-refractivity contribution in [3.63, 3.8) is 0 Å². The number of hydrogen-bond donors (Lipinski definition) is 7. The molecule has 4 bridgehead atoms. The van der Waals surface area contributed by atoms with E-state index in [-0.39, 0.29) is 63.6 Å². The third-order valence-electron chi connectivity index (χ3n) is 9.31. The van der Waals surface area contributed by atoms with Crippen LogP contribution in [0.2, 0.25) is 0 Å². The quantitative estimate of drug-likeness (QED) is 0.0892. The van der Waals surface area contributed by atoms with Crippen molar-refractivity contribution in [1.29, 1.82) is 0 Å². The Labute approximate surface area is 363 Å². The summed E-state index contributed by atoms with van der Waals surface area (Å²) >= 11 is 0. The van der Waals surface area contributed by atoms with Crippen LogP contribution in [0.25, 0.3) is 11.1 Å². The number of nitrogens with zero attached hydrogens (tertiary/aromatic N) is 1. The second kappa shape index (κ2) is 23.0. The Morgan fingerprint density at radius 3 is 1.94 bits per heavy atom. The number of carboxylic acid groups (broad SMARTS) is 1. The number of likely N-dealkylation sites (N-methyl/N-ethyl adjacent to an activating group) is 1. The first-order valence-corrected chi connectivity index (χ1v) is 20.6. The number of carbonyl (C=O) groups excluding carboxylic acids is 5. The zero-order valence-corrected chi connectivity index (χ0v) is 37.5. The Morgan fingerprint density at radius 2 is 1.42 bits per heavy atom. The summed E-state index contributed by atoms with van der Waals surface area (Å²) < 4.78 is 28.8. The first-order chi connectivity index (χ1) is 29.0. The number of carbonyl (C=O) groups is 6. The van der Waals surface area contributed by atoms with Gasteiger partial charge in [0, 0.05) is 31.1 Å². The molecular formula is C43H65N7O12. The van der Waals surface area contributed by atoms with Gasteiger partial charge in [-0.15, -0.1) is 0 Å². The highest BCUT2D eigenvalue weighted by Crippen LogP contribution is 2.40. The molecule has 0 fully saturated rings. The van der Waals surface area contributed by atoms with Gasteiger partial charge in [-0.2, -0.15) is 0 Å². The lowest BCUT2D eigenvalue weighted by molar-refractivity contribution is -0.143. The van der Waals surface area contributed by atoms with Crippen molar-refractivity contribution in [3.05, 3.63) is 47.5 Å². The van der Waals surface area contributed by atoms with Gasteiger partial charge in [-0.05, 0) is 97.2 Å². The molecule has 5 atom stereocenters. The van der Waals surface area contributed by atoms with Crippen LogP contribution >= 0.6 is 0 Å². The summed E-state index contributed by atoms with van der Waals surface area (Å²) in [7, 11) is 1.43. The molecule has 0 aliphatic carbocycles. The zero-order valence-electron chi connectivity index (χ0n) is 37.5. The first-order valence-electron chi connectivity index (χ1n) is 20.6. The van der Waals surface area contributed by atoms with E-state index in [4.69, 9.17) is 29.4 Å². The van der Waals surface area contributed by atoms with Crippen molar-refractivity contribution in [3.8, 4) is 22.6 Å². The number of alkyl carbamates (subject to hydrolysis) is 2. The topological polar surface area (TPSA) is 258 Å². The molecule has 19 heteroatoms. The summed E-state index contributed by atoms with van der Waals surface area (Å²) in [5.41, 5.74) is 6.14. The Kier molecular flexibility index (Phi) is 18.8. The normalized spacial score (nSPS) is 17.8. The van der Waals surface area contributed by atoms with Gasteiger partial charge >= 0.3 is 18.2 Å². The maximum Gasteiger partial charge on any atom is 0.407 e. The maximum atomic E-state index is 14.3. The Balaban J connectivity index is 2.20. The molecule has 3 rings (SSSR count). The number of rotatable bonds is 17. The highest BCUT2D eigenvalue weighted by atomic mass is 16.6. The second-order valence-electron chi connectivity index (χ2n) is 16.8. The van der Waals surface area contributed by atoms with E-state index in [0.29, 0.717) is 22.3 Å². The number of nitrogens with two attached hydrogens (primary N) is 1. The average molecular weight is 872 g/mol. The molecule has 19 nitrogen and oxygen atoms in total. The fourth-order valence-corrected chi connectivity index (χ4v) is 6.05. The number of benzene rings is 2. The predicted octanol–water partition coefficient (Wildman–Crippen LogP) is 2.98. The smallest absolute Gasteiger partial charge is 0.407 e. The number of aliphatic carboxylic acids is 1. The predicted molar refractivity (Wildman–Crippen MR) is 229 cm³/mol. The van der Waals surface area contributed by atoms with E-state index in [9.17, 15) is 33.9 Å². The Bertz CT molecular complexity index is 1880. The Hall–Kier alpha value is -5.66. The summed E-state index contributed by atoms with van der Waals surface area (Å²) in [4.78, 5) is 80.3. The van der Waals surface area contributed by atoms with Crippen LogP contribution in [-0.2, 0) is 39.8 Å². The molecule has 0 radical (unpaired) electrons. The van der Waals surface area contributed by atoms with Gasteiger partial charge in [0.25, 0.3) is 0 Å². The number of hydrogen-bond acceptors (Lipinski definition) is 13. The van der Waals surface area contributed by atoms with Crippen LogP contribution in [0.1, 0.15) is 85.9 Å². The molecule has 1 aliphatic heterocycles. The SMILES string of the molecule is CCC(C)OCN[C@@H](CN)C(=O)N(C)[C@@H]1C(=O)N[C@@H](C)C(=O)N[C@H](C(=O)O)Cc2ccc(OCCNC(=O)OC(C)(C)C)c(c2)-c2cc1ccc2OCCNC(=O)OC(C)(C)C. The summed E-state index contributed by atoms with van der Waals surface area (Å²) in [6, 6.07) is 4.81.